The first-order chi connectivity index (χ1) is 16.2. The molecule has 0 radical (unpaired) electrons. The summed E-state index contributed by atoms with van der Waals surface area (Å²) in [5.74, 6) is -1.22. The highest BCUT2D eigenvalue weighted by Gasteiger charge is 2.37. The number of halogens is 4. The van der Waals surface area contributed by atoms with Gasteiger partial charge in [-0.05, 0) is 64.0 Å². The Labute approximate surface area is 221 Å². The Morgan fingerprint density at radius 2 is 1.68 bits per heavy atom. The van der Waals surface area contributed by atoms with E-state index in [1.165, 1.54) is 12.1 Å². The van der Waals surface area contributed by atoms with Gasteiger partial charge >= 0.3 is 6.03 Å². The van der Waals surface area contributed by atoms with E-state index in [4.69, 9.17) is 27.9 Å². The lowest BCUT2D eigenvalue weighted by molar-refractivity contribution is -0.122. The van der Waals surface area contributed by atoms with Gasteiger partial charge in [0.2, 0.25) is 0 Å². The number of rotatable bonds is 5. The molecule has 1 N–H and O–H groups in total. The molecule has 0 spiro atoms. The first-order valence-electron chi connectivity index (χ1n) is 9.77. The van der Waals surface area contributed by atoms with Crippen LogP contribution in [0, 0.1) is 0 Å². The zero-order chi connectivity index (χ0) is 24.4. The van der Waals surface area contributed by atoms with Crippen LogP contribution < -0.4 is 15.0 Å². The standard InChI is InChI=1S/C24H14Br2Cl2N2O4/c25-15-9-14(21(18(26)11-15)34-12-13-5-7-16(27)8-6-13)10-17-22(31)29-24(33)30(23(17)32)20-4-2-1-3-19(20)28/h1-11H,12H2,(H,29,31,33)/b17-10+. The number of carbonyl (C=O) groups is 3. The third-order valence-electron chi connectivity index (χ3n) is 4.83. The number of ether oxygens (including phenoxy) is 1. The van der Waals surface area contributed by atoms with Gasteiger partial charge in [0.1, 0.15) is 17.9 Å². The Kier molecular flexibility index (Phi) is 7.42. The van der Waals surface area contributed by atoms with Crippen LogP contribution in [0.1, 0.15) is 11.1 Å². The molecule has 0 atom stereocenters. The van der Waals surface area contributed by atoms with Gasteiger partial charge in [0.25, 0.3) is 11.8 Å². The minimum absolute atomic E-state index is 0.166. The first kappa shape index (κ1) is 24.5. The smallest absolute Gasteiger partial charge is 0.335 e. The summed E-state index contributed by atoms with van der Waals surface area (Å²) in [6.45, 7) is 0.220. The quantitative estimate of drug-likeness (QED) is 0.251. The van der Waals surface area contributed by atoms with E-state index in [2.05, 4.69) is 37.2 Å². The van der Waals surface area contributed by atoms with Gasteiger partial charge < -0.3 is 4.74 Å². The van der Waals surface area contributed by atoms with Crippen molar-refractivity contribution >= 4 is 84.7 Å². The Morgan fingerprint density at radius 1 is 0.971 bits per heavy atom. The number of urea groups is 1. The van der Waals surface area contributed by atoms with Crippen LogP contribution in [0.2, 0.25) is 10.0 Å². The number of benzene rings is 3. The molecule has 0 aromatic heterocycles. The van der Waals surface area contributed by atoms with Crippen molar-refractivity contribution in [2.45, 2.75) is 6.61 Å². The zero-order valence-electron chi connectivity index (χ0n) is 17.2. The third-order valence-corrected chi connectivity index (χ3v) is 6.45. The molecule has 1 heterocycles. The van der Waals surface area contributed by atoms with Crippen molar-refractivity contribution in [2.75, 3.05) is 4.90 Å². The van der Waals surface area contributed by atoms with Gasteiger partial charge in [0.05, 0.1) is 15.2 Å². The molecule has 0 unspecified atom stereocenters. The van der Waals surface area contributed by atoms with Crippen LogP contribution in [0.4, 0.5) is 10.5 Å². The molecule has 3 aromatic carbocycles. The molecule has 34 heavy (non-hydrogen) atoms. The van der Waals surface area contributed by atoms with Crippen LogP contribution in [0.15, 0.2) is 75.2 Å². The molecular weight excluding hydrogens is 611 g/mol. The molecular formula is C24H14Br2Cl2N2O4. The summed E-state index contributed by atoms with van der Waals surface area (Å²) < 4.78 is 7.30. The molecule has 10 heteroatoms. The van der Waals surface area contributed by atoms with E-state index in [9.17, 15) is 14.4 Å². The second kappa shape index (κ2) is 10.3. The van der Waals surface area contributed by atoms with E-state index in [1.54, 1.807) is 42.5 Å². The summed E-state index contributed by atoms with van der Waals surface area (Å²) in [6.07, 6.45) is 1.38. The lowest BCUT2D eigenvalue weighted by Gasteiger charge is -2.27. The summed E-state index contributed by atoms with van der Waals surface area (Å²) in [6, 6.07) is 16.1. The summed E-state index contributed by atoms with van der Waals surface area (Å²) in [5, 5.41) is 2.99. The molecule has 3 aromatic rings. The summed E-state index contributed by atoms with van der Waals surface area (Å²) in [5.41, 5.74) is 1.24. The molecule has 1 aliphatic rings. The fraction of sp³-hybridized carbons (Fsp3) is 0.0417. The highest BCUT2D eigenvalue weighted by molar-refractivity contribution is 9.11. The van der Waals surface area contributed by atoms with E-state index in [0.29, 0.717) is 25.3 Å². The third kappa shape index (κ3) is 5.20. The number of para-hydroxylation sites is 1. The van der Waals surface area contributed by atoms with Crippen LogP contribution in [-0.4, -0.2) is 17.8 Å². The highest BCUT2D eigenvalue weighted by atomic mass is 79.9. The highest BCUT2D eigenvalue weighted by Crippen LogP contribution is 2.36. The number of barbiturate groups is 1. The molecule has 1 fully saturated rings. The van der Waals surface area contributed by atoms with Crippen molar-refractivity contribution in [2.24, 2.45) is 0 Å². The van der Waals surface area contributed by atoms with E-state index >= 15 is 0 Å². The first-order valence-corrected chi connectivity index (χ1v) is 12.1. The Morgan fingerprint density at radius 3 is 2.38 bits per heavy atom. The van der Waals surface area contributed by atoms with Gasteiger partial charge in [-0.15, -0.1) is 0 Å². The van der Waals surface area contributed by atoms with Crippen LogP contribution in [0.3, 0.4) is 0 Å². The van der Waals surface area contributed by atoms with Gasteiger partial charge in [-0.1, -0.05) is 63.4 Å². The number of nitrogens with one attached hydrogen (secondary N) is 1. The monoisotopic (exact) mass is 622 g/mol. The topological polar surface area (TPSA) is 75.7 Å². The van der Waals surface area contributed by atoms with Gasteiger partial charge in [-0.25, -0.2) is 9.69 Å². The maximum absolute atomic E-state index is 13.2. The SMILES string of the molecule is O=C1NC(=O)N(c2ccccc2Cl)C(=O)/C1=C/c1cc(Br)cc(Br)c1OCc1ccc(Cl)cc1. The van der Waals surface area contributed by atoms with Gasteiger partial charge in [0.15, 0.2) is 0 Å². The molecule has 172 valence electrons. The number of anilines is 1. The minimum Gasteiger partial charge on any atom is -0.487 e. The van der Waals surface area contributed by atoms with Crippen molar-refractivity contribution in [3.8, 4) is 5.75 Å². The maximum Gasteiger partial charge on any atom is 0.335 e. The molecule has 4 rings (SSSR count). The fourth-order valence-electron chi connectivity index (χ4n) is 3.24. The second-order valence-electron chi connectivity index (χ2n) is 7.13. The number of carbonyl (C=O) groups excluding carboxylic acids is 3. The van der Waals surface area contributed by atoms with E-state index < -0.39 is 17.8 Å². The predicted molar refractivity (Wildman–Crippen MR) is 138 cm³/mol. The molecule has 1 saturated heterocycles. The summed E-state index contributed by atoms with van der Waals surface area (Å²) in [4.78, 5) is 39.1. The number of imide groups is 2. The molecule has 6 nitrogen and oxygen atoms in total. The summed E-state index contributed by atoms with van der Waals surface area (Å²) in [7, 11) is 0. The van der Waals surface area contributed by atoms with Crippen LogP contribution in [0.25, 0.3) is 6.08 Å². The number of amides is 4. The van der Waals surface area contributed by atoms with Crippen molar-refractivity contribution in [3.05, 3.63) is 96.4 Å². The number of hydrogen-bond acceptors (Lipinski definition) is 4. The maximum atomic E-state index is 13.2. The second-order valence-corrected chi connectivity index (χ2v) is 9.74. The van der Waals surface area contributed by atoms with Crippen LogP contribution >= 0.6 is 55.1 Å². The van der Waals surface area contributed by atoms with Crippen molar-refractivity contribution < 1.29 is 19.1 Å². The van der Waals surface area contributed by atoms with Crippen molar-refractivity contribution in [1.29, 1.82) is 0 Å². The summed E-state index contributed by atoms with van der Waals surface area (Å²) >= 11 is 19.0. The number of nitrogens with zero attached hydrogens (tertiary/aromatic N) is 1. The van der Waals surface area contributed by atoms with Gasteiger partial charge in [0, 0.05) is 15.1 Å². The molecule has 0 aliphatic carbocycles. The Bertz CT molecular complexity index is 1340. The lowest BCUT2D eigenvalue weighted by Crippen LogP contribution is -2.54. The van der Waals surface area contributed by atoms with Gasteiger partial charge in [-0.3, -0.25) is 14.9 Å². The normalized spacial score (nSPS) is 15.0. The minimum atomic E-state index is -0.880. The van der Waals surface area contributed by atoms with Gasteiger partial charge in [-0.2, -0.15) is 0 Å². The van der Waals surface area contributed by atoms with Crippen LogP contribution in [-0.2, 0) is 16.2 Å². The van der Waals surface area contributed by atoms with E-state index in [0.717, 1.165) is 10.5 Å². The predicted octanol–water partition coefficient (Wildman–Crippen LogP) is 6.76. The largest absolute Gasteiger partial charge is 0.487 e. The Balaban J connectivity index is 1.72. The molecule has 0 bridgehead atoms. The molecule has 4 amide bonds. The average Bonchev–Trinajstić information content (AvgIpc) is 2.78. The Hall–Kier alpha value is -2.65. The fourth-order valence-corrected chi connectivity index (χ4v) is 4.96. The van der Waals surface area contributed by atoms with Crippen molar-refractivity contribution in [1.82, 2.24) is 5.32 Å². The van der Waals surface area contributed by atoms with E-state index in [1.807, 2.05) is 12.1 Å². The van der Waals surface area contributed by atoms with Crippen molar-refractivity contribution in [3.63, 3.8) is 0 Å². The molecule has 1 aliphatic heterocycles. The molecule has 0 saturated carbocycles. The van der Waals surface area contributed by atoms with Crippen LogP contribution in [0.5, 0.6) is 5.75 Å². The lowest BCUT2D eigenvalue weighted by atomic mass is 10.1. The van der Waals surface area contributed by atoms with E-state index in [-0.39, 0.29) is 22.9 Å². The number of hydrogen-bond donors (Lipinski definition) is 1. The zero-order valence-corrected chi connectivity index (χ0v) is 21.8. The average molecular weight is 625 g/mol.